The summed E-state index contributed by atoms with van der Waals surface area (Å²) >= 11 is 0. The van der Waals surface area contributed by atoms with E-state index in [4.69, 9.17) is 5.11 Å². The smallest absolute Gasteiger partial charge is 0.309 e. The molecule has 5 nitrogen and oxygen atoms in total. The number of rotatable bonds is 7. The lowest BCUT2D eigenvalue weighted by Gasteiger charge is -2.18. The fourth-order valence-corrected chi connectivity index (χ4v) is 1.03. The first-order chi connectivity index (χ1) is 6.90. The molecule has 0 atom stereocenters. The highest BCUT2D eigenvalue weighted by Gasteiger charge is 2.29. The minimum Gasteiger partial charge on any atom is -0.481 e. The van der Waals surface area contributed by atoms with Crippen molar-refractivity contribution in [3.63, 3.8) is 0 Å². The van der Waals surface area contributed by atoms with Gasteiger partial charge in [-0.15, -0.1) is 0 Å². The second-order valence-electron chi connectivity index (χ2n) is 4.17. The van der Waals surface area contributed by atoms with Gasteiger partial charge in [-0.25, -0.2) is 0 Å². The van der Waals surface area contributed by atoms with Gasteiger partial charge in [0.1, 0.15) is 0 Å². The monoisotopic (exact) mass is 216 g/mol. The summed E-state index contributed by atoms with van der Waals surface area (Å²) in [5, 5.41) is 14.5. The Morgan fingerprint density at radius 1 is 1.27 bits per heavy atom. The predicted octanol–water partition coefficient (Wildman–Crippen LogP) is 0.213. The highest BCUT2D eigenvalue weighted by Crippen LogP contribution is 2.19. The van der Waals surface area contributed by atoms with E-state index in [1.54, 1.807) is 13.8 Å². The highest BCUT2D eigenvalue weighted by atomic mass is 16.4. The topological polar surface area (TPSA) is 78.4 Å². The van der Waals surface area contributed by atoms with Crippen molar-refractivity contribution in [3.05, 3.63) is 0 Å². The lowest BCUT2D eigenvalue weighted by molar-refractivity contribution is -0.149. The molecule has 0 aromatic carbocycles. The van der Waals surface area contributed by atoms with Crippen LogP contribution in [-0.4, -0.2) is 37.1 Å². The average Bonchev–Trinajstić information content (AvgIpc) is 2.11. The Morgan fingerprint density at radius 2 is 1.87 bits per heavy atom. The molecule has 0 aliphatic rings. The number of nitrogens with one attached hydrogen (secondary N) is 2. The molecule has 0 spiro atoms. The molecule has 0 saturated carbocycles. The Balaban J connectivity index is 3.79. The molecule has 0 aromatic rings. The fraction of sp³-hybridized carbons (Fsp3) is 0.800. The van der Waals surface area contributed by atoms with E-state index >= 15 is 0 Å². The molecular weight excluding hydrogens is 196 g/mol. The number of carboxylic acid groups (broad SMARTS) is 1. The summed E-state index contributed by atoms with van der Waals surface area (Å²) in [5.74, 6) is -1.16. The zero-order chi connectivity index (χ0) is 11.9. The molecule has 0 rings (SSSR count). The summed E-state index contributed by atoms with van der Waals surface area (Å²) in [7, 11) is 1.84. The standard InChI is InChI=1S/C10H20N2O3/c1-10(2,9(14)15)7-8(13)12-6-4-5-11-3/h11H,4-7H2,1-3H3,(H,12,13)(H,14,15). The second-order valence-corrected chi connectivity index (χ2v) is 4.17. The first-order valence-corrected chi connectivity index (χ1v) is 5.05. The first-order valence-electron chi connectivity index (χ1n) is 5.05. The third kappa shape index (κ3) is 6.06. The van der Waals surface area contributed by atoms with Gasteiger partial charge in [-0.3, -0.25) is 9.59 Å². The van der Waals surface area contributed by atoms with Crippen molar-refractivity contribution in [1.82, 2.24) is 10.6 Å². The molecule has 0 aromatic heterocycles. The number of hydrogen-bond acceptors (Lipinski definition) is 3. The van der Waals surface area contributed by atoms with E-state index in [-0.39, 0.29) is 12.3 Å². The van der Waals surface area contributed by atoms with Gasteiger partial charge < -0.3 is 15.7 Å². The van der Waals surface area contributed by atoms with Gasteiger partial charge in [-0.1, -0.05) is 0 Å². The SMILES string of the molecule is CNCCCNC(=O)CC(C)(C)C(=O)O. The van der Waals surface area contributed by atoms with Crippen molar-refractivity contribution in [2.45, 2.75) is 26.7 Å². The molecule has 0 heterocycles. The minimum atomic E-state index is -0.993. The lowest BCUT2D eigenvalue weighted by Crippen LogP contribution is -2.34. The number of aliphatic carboxylic acids is 1. The maximum Gasteiger partial charge on any atom is 0.309 e. The Hall–Kier alpha value is -1.10. The summed E-state index contributed by atoms with van der Waals surface area (Å²) in [4.78, 5) is 22.1. The van der Waals surface area contributed by atoms with Crippen molar-refractivity contribution < 1.29 is 14.7 Å². The summed E-state index contributed by atoms with van der Waals surface area (Å²) in [5.41, 5.74) is -0.993. The van der Waals surface area contributed by atoms with Crippen molar-refractivity contribution >= 4 is 11.9 Å². The van der Waals surface area contributed by atoms with Crippen LogP contribution in [0.4, 0.5) is 0 Å². The normalized spacial score (nSPS) is 11.1. The number of hydrogen-bond donors (Lipinski definition) is 3. The summed E-state index contributed by atoms with van der Waals surface area (Å²) in [6, 6.07) is 0. The van der Waals surface area contributed by atoms with Crippen LogP contribution in [0.5, 0.6) is 0 Å². The van der Waals surface area contributed by atoms with Crippen LogP contribution in [0.3, 0.4) is 0 Å². The second kappa shape index (κ2) is 6.40. The molecule has 88 valence electrons. The average molecular weight is 216 g/mol. The Labute approximate surface area is 90.2 Å². The molecule has 0 aliphatic heterocycles. The molecule has 15 heavy (non-hydrogen) atoms. The van der Waals surface area contributed by atoms with Crippen LogP contribution in [0, 0.1) is 5.41 Å². The number of carbonyl (C=O) groups excluding carboxylic acids is 1. The van der Waals surface area contributed by atoms with Crippen LogP contribution in [0.2, 0.25) is 0 Å². The maximum absolute atomic E-state index is 11.3. The predicted molar refractivity (Wildman–Crippen MR) is 57.6 cm³/mol. The molecular formula is C10H20N2O3. The molecule has 0 radical (unpaired) electrons. The Kier molecular flexibility index (Phi) is 5.93. The summed E-state index contributed by atoms with van der Waals surface area (Å²) in [6.07, 6.45) is 0.859. The lowest BCUT2D eigenvalue weighted by atomic mass is 9.89. The van der Waals surface area contributed by atoms with Crippen LogP contribution in [0.15, 0.2) is 0 Å². The van der Waals surface area contributed by atoms with Crippen molar-refractivity contribution in [1.29, 1.82) is 0 Å². The van der Waals surface area contributed by atoms with E-state index in [0.29, 0.717) is 6.54 Å². The van der Waals surface area contributed by atoms with E-state index in [1.165, 1.54) is 0 Å². The third-order valence-corrected chi connectivity index (χ3v) is 2.11. The fourth-order valence-electron chi connectivity index (χ4n) is 1.03. The molecule has 0 fully saturated rings. The zero-order valence-electron chi connectivity index (χ0n) is 9.59. The van der Waals surface area contributed by atoms with Crippen molar-refractivity contribution in [2.24, 2.45) is 5.41 Å². The van der Waals surface area contributed by atoms with Gasteiger partial charge in [-0.2, -0.15) is 0 Å². The number of carbonyl (C=O) groups is 2. The van der Waals surface area contributed by atoms with Gasteiger partial charge in [0.25, 0.3) is 0 Å². The highest BCUT2D eigenvalue weighted by molar-refractivity contribution is 5.84. The molecule has 0 bridgehead atoms. The van der Waals surface area contributed by atoms with Gasteiger partial charge in [0.05, 0.1) is 5.41 Å². The molecule has 5 heteroatoms. The van der Waals surface area contributed by atoms with E-state index < -0.39 is 11.4 Å². The summed E-state index contributed by atoms with van der Waals surface area (Å²) in [6.45, 7) is 4.50. The van der Waals surface area contributed by atoms with E-state index in [1.807, 2.05) is 7.05 Å². The number of carboxylic acids is 1. The van der Waals surface area contributed by atoms with E-state index in [2.05, 4.69) is 10.6 Å². The van der Waals surface area contributed by atoms with Gasteiger partial charge in [0.2, 0.25) is 5.91 Å². The number of amides is 1. The Morgan fingerprint density at radius 3 is 2.33 bits per heavy atom. The zero-order valence-corrected chi connectivity index (χ0v) is 9.59. The quantitative estimate of drug-likeness (QED) is 0.532. The van der Waals surface area contributed by atoms with Crippen molar-refractivity contribution in [3.8, 4) is 0 Å². The van der Waals surface area contributed by atoms with Crippen LogP contribution in [-0.2, 0) is 9.59 Å². The van der Waals surface area contributed by atoms with E-state index in [9.17, 15) is 9.59 Å². The van der Waals surface area contributed by atoms with E-state index in [0.717, 1.165) is 13.0 Å². The molecule has 0 aliphatic carbocycles. The van der Waals surface area contributed by atoms with Gasteiger partial charge in [0, 0.05) is 13.0 Å². The molecule has 1 amide bonds. The van der Waals surface area contributed by atoms with Crippen LogP contribution < -0.4 is 10.6 Å². The van der Waals surface area contributed by atoms with Gasteiger partial charge in [0.15, 0.2) is 0 Å². The van der Waals surface area contributed by atoms with Gasteiger partial charge >= 0.3 is 5.97 Å². The third-order valence-electron chi connectivity index (χ3n) is 2.11. The maximum atomic E-state index is 11.3. The van der Waals surface area contributed by atoms with Crippen molar-refractivity contribution in [2.75, 3.05) is 20.1 Å². The molecule has 0 unspecified atom stereocenters. The molecule has 0 saturated heterocycles. The molecule has 3 N–H and O–H groups in total. The Bertz CT molecular complexity index is 227. The minimum absolute atomic E-state index is 0.0158. The van der Waals surface area contributed by atoms with Crippen LogP contribution in [0.25, 0.3) is 0 Å². The van der Waals surface area contributed by atoms with Crippen LogP contribution in [0.1, 0.15) is 26.7 Å². The van der Waals surface area contributed by atoms with Gasteiger partial charge in [-0.05, 0) is 33.9 Å². The largest absolute Gasteiger partial charge is 0.481 e. The van der Waals surface area contributed by atoms with Crippen LogP contribution >= 0.6 is 0 Å². The summed E-state index contributed by atoms with van der Waals surface area (Å²) < 4.78 is 0. The first kappa shape index (κ1) is 13.9.